The van der Waals surface area contributed by atoms with Gasteiger partial charge < -0.3 is 25.8 Å². The Bertz CT molecular complexity index is 1240. The maximum Gasteiger partial charge on any atom is 0.251 e. The van der Waals surface area contributed by atoms with Crippen molar-refractivity contribution in [1.82, 2.24) is 15.3 Å². The first-order valence-electron chi connectivity index (χ1n) is 13.2. The van der Waals surface area contributed by atoms with Gasteiger partial charge in [0.2, 0.25) is 5.95 Å². The standard InChI is InChI=1S/C29H35N5O3/c1-19-11-13-36-18-22-14-23(7-9-27(22)37-17-20-4-2-3-5-20)33-29-31-12-10-26(34-29)24-8-6-21(15-25(24)30)28(35)32-16-19/h6-10,12,14-15,19-20H,2-5,11,13,16-18,30H2,1H3,(H,32,35)(H,31,33,34). The number of nitrogens with zero attached hydrogens (tertiary/aromatic N) is 2. The molecule has 1 saturated carbocycles. The van der Waals surface area contributed by atoms with Crippen LogP contribution in [0.25, 0.3) is 11.3 Å². The van der Waals surface area contributed by atoms with Crippen molar-refractivity contribution in [3.05, 3.63) is 59.8 Å². The number of nitrogens with two attached hydrogens (primary N) is 1. The summed E-state index contributed by atoms with van der Waals surface area (Å²) in [5.41, 5.74) is 10.6. The molecule has 0 radical (unpaired) electrons. The minimum atomic E-state index is -0.144. The summed E-state index contributed by atoms with van der Waals surface area (Å²) in [5, 5.41) is 6.32. The number of carbonyl (C=O) groups excluding carboxylic acids is 1. The fourth-order valence-corrected chi connectivity index (χ4v) is 4.87. The van der Waals surface area contributed by atoms with Gasteiger partial charge in [0.1, 0.15) is 5.75 Å². The molecule has 0 spiro atoms. The van der Waals surface area contributed by atoms with Crippen molar-refractivity contribution in [3.63, 3.8) is 0 Å². The van der Waals surface area contributed by atoms with Crippen LogP contribution in [0.3, 0.4) is 0 Å². The Labute approximate surface area is 218 Å². The molecule has 1 aliphatic carbocycles. The Hall–Kier alpha value is -3.65. The molecular weight excluding hydrogens is 466 g/mol. The molecule has 1 amide bonds. The predicted octanol–water partition coefficient (Wildman–Crippen LogP) is 5.32. The van der Waals surface area contributed by atoms with E-state index in [0.717, 1.165) is 35.6 Å². The average Bonchev–Trinajstić information content (AvgIpc) is 3.42. The summed E-state index contributed by atoms with van der Waals surface area (Å²) in [7, 11) is 0. The van der Waals surface area contributed by atoms with E-state index in [9.17, 15) is 4.79 Å². The maximum absolute atomic E-state index is 12.7. The van der Waals surface area contributed by atoms with Crippen molar-refractivity contribution in [3.8, 4) is 17.0 Å². The predicted molar refractivity (Wildman–Crippen MR) is 145 cm³/mol. The summed E-state index contributed by atoms with van der Waals surface area (Å²) in [6, 6.07) is 13.1. The Balaban J connectivity index is 1.43. The second-order valence-electron chi connectivity index (χ2n) is 10.1. The highest BCUT2D eigenvalue weighted by Crippen LogP contribution is 2.30. The summed E-state index contributed by atoms with van der Waals surface area (Å²) >= 11 is 0. The minimum absolute atomic E-state index is 0.144. The van der Waals surface area contributed by atoms with Crippen molar-refractivity contribution in [2.24, 2.45) is 11.8 Å². The van der Waals surface area contributed by atoms with Crippen LogP contribution < -0.4 is 21.1 Å². The number of anilines is 3. The van der Waals surface area contributed by atoms with Crippen molar-refractivity contribution in [1.29, 1.82) is 0 Å². The number of amides is 1. The summed E-state index contributed by atoms with van der Waals surface area (Å²) in [6.07, 6.45) is 7.58. The van der Waals surface area contributed by atoms with Gasteiger partial charge in [-0.25, -0.2) is 9.97 Å². The van der Waals surface area contributed by atoms with Gasteiger partial charge in [-0.1, -0.05) is 19.8 Å². The van der Waals surface area contributed by atoms with Crippen LogP contribution >= 0.6 is 0 Å². The molecule has 4 N–H and O–H groups in total. The number of hydrogen-bond donors (Lipinski definition) is 3. The van der Waals surface area contributed by atoms with Gasteiger partial charge in [-0.2, -0.15) is 0 Å². The van der Waals surface area contributed by atoms with Gasteiger partial charge in [-0.05, 0) is 73.6 Å². The monoisotopic (exact) mass is 501 g/mol. The van der Waals surface area contributed by atoms with E-state index in [4.69, 9.17) is 15.2 Å². The highest BCUT2D eigenvalue weighted by Gasteiger charge is 2.17. The molecule has 2 aliphatic heterocycles. The van der Waals surface area contributed by atoms with Gasteiger partial charge in [0.05, 0.1) is 18.9 Å². The van der Waals surface area contributed by atoms with Gasteiger partial charge in [-0.3, -0.25) is 4.79 Å². The summed E-state index contributed by atoms with van der Waals surface area (Å²) < 4.78 is 12.3. The smallest absolute Gasteiger partial charge is 0.251 e. The van der Waals surface area contributed by atoms with E-state index in [-0.39, 0.29) is 11.8 Å². The molecule has 3 aliphatic rings. The lowest BCUT2D eigenvalue weighted by atomic mass is 10.0. The van der Waals surface area contributed by atoms with E-state index >= 15 is 0 Å². The largest absolute Gasteiger partial charge is 0.493 e. The van der Waals surface area contributed by atoms with Crippen LogP contribution in [0.15, 0.2) is 48.7 Å². The Morgan fingerprint density at radius 2 is 1.97 bits per heavy atom. The van der Waals surface area contributed by atoms with Gasteiger partial charge in [0.25, 0.3) is 5.91 Å². The van der Waals surface area contributed by atoms with Gasteiger partial charge in [0.15, 0.2) is 0 Å². The van der Waals surface area contributed by atoms with Gasteiger partial charge in [0, 0.05) is 47.4 Å². The van der Waals surface area contributed by atoms with Crippen LogP contribution in [-0.2, 0) is 11.3 Å². The third-order valence-electron chi connectivity index (χ3n) is 7.13. The Morgan fingerprint density at radius 3 is 2.81 bits per heavy atom. The Kier molecular flexibility index (Phi) is 7.84. The SMILES string of the molecule is CC1CCOCc2cc(ccc2OCC2CCCC2)Nc2nccc(n2)-c2ccc(cc2N)C(=O)NC1. The number of fused-ring (bicyclic) bond motifs is 9. The maximum atomic E-state index is 12.7. The minimum Gasteiger partial charge on any atom is -0.493 e. The van der Waals surface area contributed by atoms with Gasteiger partial charge in [-0.15, -0.1) is 0 Å². The van der Waals surface area contributed by atoms with E-state index in [1.165, 1.54) is 25.7 Å². The summed E-state index contributed by atoms with van der Waals surface area (Å²) in [5.74, 6) is 2.06. The number of nitrogens with one attached hydrogen (secondary N) is 2. The van der Waals surface area contributed by atoms with E-state index in [0.29, 0.717) is 48.6 Å². The van der Waals surface area contributed by atoms with Crippen molar-refractivity contribution in [2.45, 2.75) is 45.6 Å². The van der Waals surface area contributed by atoms with Crippen LogP contribution in [0.4, 0.5) is 17.3 Å². The second kappa shape index (κ2) is 11.6. The Morgan fingerprint density at radius 1 is 1.11 bits per heavy atom. The van der Waals surface area contributed by atoms with E-state index in [1.807, 2.05) is 24.3 Å². The fraction of sp³-hybridized carbons (Fsp3) is 0.414. The topological polar surface area (TPSA) is 111 Å². The number of benzene rings is 2. The highest BCUT2D eigenvalue weighted by atomic mass is 16.5. The molecule has 0 saturated heterocycles. The zero-order valence-corrected chi connectivity index (χ0v) is 21.3. The fourth-order valence-electron chi connectivity index (χ4n) is 4.87. The van der Waals surface area contributed by atoms with E-state index in [1.54, 1.807) is 24.4 Å². The van der Waals surface area contributed by atoms with Gasteiger partial charge >= 0.3 is 0 Å². The lowest BCUT2D eigenvalue weighted by Crippen LogP contribution is -2.28. The third-order valence-corrected chi connectivity index (χ3v) is 7.13. The zero-order valence-electron chi connectivity index (χ0n) is 21.3. The molecule has 1 aromatic heterocycles. The molecule has 8 nitrogen and oxygen atoms in total. The summed E-state index contributed by atoms with van der Waals surface area (Å²) in [6.45, 7) is 4.44. The van der Waals surface area contributed by atoms with E-state index in [2.05, 4.69) is 27.5 Å². The molecular formula is C29H35N5O3. The number of ether oxygens (including phenoxy) is 2. The molecule has 1 unspecified atom stereocenters. The van der Waals surface area contributed by atoms with E-state index < -0.39 is 0 Å². The van der Waals surface area contributed by atoms with Crippen LogP contribution in [0.5, 0.6) is 5.75 Å². The first kappa shape index (κ1) is 25.0. The first-order chi connectivity index (χ1) is 18.0. The normalized spacial score (nSPS) is 18.8. The molecule has 194 valence electrons. The number of hydrogen-bond acceptors (Lipinski definition) is 7. The van der Waals surface area contributed by atoms with Crippen LogP contribution in [0, 0.1) is 11.8 Å². The second-order valence-corrected chi connectivity index (χ2v) is 10.1. The quantitative estimate of drug-likeness (QED) is 0.416. The molecule has 6 rings (SSSR count). The molecule has 37 heavy (non-hydrogen) atoms. The molecule has 2 aromatic carbocycles. The van der Waals surface area contributed by atoms with Crippen molar-refractivity contribution >= 4 is 23.2 Å². The van der Waals surface area contributed by atoms with Crippen LogP contribution in [0.2, 0.25) is 0 Å². The number of nitrogen functional groups attached to an aromatic ring is 1. The average molecular weight is 502 g/mol. The molecule has 1 atom stereocenters. The van der Waals surface area contributed by atoms with Crippen molar-refractivity contribution in [2.75, 3.05) is 30.8 Å². The molecule has 6 bridgehead atoms. The lowest BCUT2D eigenvalue weighted by Gasteiger charge is -2.17. The number of rotatable bonds is 3. The molecule has 3 heterocycles. The molecule has 1 fully saturated rings. The third kappa shape index (κ3) is 6.38. The lowest BCUT2D eigenvalue weighted by molar-refractivity contribution is 0.0923. The number of carbonyl (C=O) groups is 1. The van der Waals surface area contributed by atoms with Crippen LogP contribution in [0.1, 0.15) is 54.9 Å². The summed E-state index contributed by atoms with van der Waals surface area (Å²) in [4.78, 5) is 21.7. The number of aromatic nitrogens is 2. The van der Waals surface area contributed by atoms with Crippen LogP contribution in [-0.4, -0.2) is 35.6 Å². The van der Waals surface area contributed by atoms with Crippen molar-refractivity contribution < 1.29 is 14.3 Å². The molecule has 3 aromatic rings. The molecule has 8 heteroatoms. The zero-order chi connectivity index (χ0) is 25.6. The highest BCUT2D eigenvalue weighted by molar-refractivity contribution is 5.96. The first-order valence-corrected chi connectivity index (χ1v) is 13.2.